The highest BCUT2D eigenvalue weighted by Crippen LogP contribution is 2.42. The summed E-state index contributed by atoms with van der Waals surface area (Å²) in [7, 11) is 3.47. The van der Waals surface area contributed by atoms with Crippen molar-refractivity contribution in [2.24, 2.45) is 0 Å². The van der Waals surface area contributed by atoms with Crippen LogP contribution >= 0.6 is 0 Å². The van der Waals surface area contributed by atoms with Gasteiger partial charge in [-0.05, 0) is 52.8 Å². The van der Waals surface area contributed by atoms with Crippen LogP contribution < -0.4 is 19.5 Å². The number of methoxy groups -OCH3 is 2. The van der Waals surface area contributed by atoms with Crippen LogP contribution in [0.1, 0.15) is 54.6 Å². The van der Waals surface area contributed by atoms with Crippen LogP contribution in [0.25, 0.3) is 0 Å². The topological polar surface area (TPSA) is 39.7 Å². The zero-order chi connectivity index (χ0) is 22.7. The van der Waals surface area contributed by atoms with E-state index in [0.717, 1.165) is 41.3 Å². The van der Waals surface area contributed by atoms with Crippen molar-refractivity contribution in [2.75, 3.05) is 20.8 Å². The fraction of sp³-hybridized carbons (Fsp3) is 0.357. The second-order valence-corrected chi connectivity index (χ2v) is 9.32. The molecule has 32 heavy (non-hydrogen) atoms. The molecule has 0 fully saturated rings. The molecule has 0 aromatic heterocycles. The molecule has 0 saturated heterocycles. The molecule has 1 N–H and O–H groups in total. The molecule has 168 valence electrons. The lowest BCUT2D eigenvalue weighted by molar-refractivity contribution is 0.305. The van der Waals surface area contributed by atoms with Gasteiger partial charge >= 0.3 is 0 Å². The second kappa shape index (κ2) is 9.25. The lowest BCUT2D eigenvalue weighted by Gasteiger charge is -2.31. The number of fused-ring (bicyclic) bond motifs is 1. The maximum absolute atomic E-state index is 6.07. The van der Waals surface area contributed by atoms with Crippen LogP contribution in [0.4, 0.5) is 0 Å². The molecule has 1 heterocycles. The van der Waals surface area contributed by atoms with Gasteiger partial charge in [-0.15, -0.1) is 0 Å². The standard InChI is InChI=1S/C28H33NO3/c1-28(2,3)24-17-25(30-4)23(16-26(24)31-5)27-22-12-11-21(15-20(22)13-14-29-27)32-18-19-9-7-6-8-10-19/h6-12,15-17,27,29H,13-14,18H2,1-5H3. The molecule has 1 aliphatic rings. The molecule has 0 radical (unpaired) electrons. The Balaban J connectivity index is 1.65. The molecular formula is C28H33NO3. The summed E-state index contributed by atoms with van der Waals surface area (Å²) in [6, 6.07) is 21.0. The molecule has 0 aliphatic carbocycles. The lowest BCUT2D eigenvalue weighted by Crippen LogP contribution is -2.31. The molecule has 1 unspecified atom stereocenters. The third-order valence-corrected chi connectivity index (χ3v) is 6.09. The maximum Gasteiger partial charge on any atom is 0.124 e. The molecular weight excluding hydrogens is 398 g/mol. The highest BCUT2D eigenvalue weighted by molar-refractivity contribution is 5.54. The Labute approximate surface area is 191 Å². The van der Waals surface area contributed by atoms with Gasteiger partial charge in [0, 0.05) is 17.7 Å². The van der Waals surface area contributed by atoms with Crippen LogP contribution in [-0.4, -0.2) is 20.8 Å². The zero-order valence-electron chi connectivity index (χ0n) is 19.7. The van der Waals surface area contributed by atoms with Crippen molar-refractivity contribution in [3.05, 3.63) is 88.5 Å². The van der Waals surface area contributed by atoms with E-state index >= 15 is 0 Å². The van der Waals surface area contributed by atoms with Crippen molar-refractivity contribution in [3.63, 3.8) is 0 Å². The van der Waals surface area contributed by atoms with Crippen molar-refractivity contribution in [2.45, 2.75) is 45.3 Å². The molecule has 1 atom stereocenters. The van der Waals surface area contributed by atoms with Gasteiger partial charge in [0.25, 0.3) is 0 Å². The Morgan fingerprint density at radius 2 is 1.62 bits per heavy atom. The number of ether oxygens (including phenoxy) is 3. The highest BCUT2D eigenvalue weighted by Gasteiger charge is 2.28. The summed E-state index contributed by atoms with van der Waals surface area (Å²) in [5.74, 6) is 2.68. The summed E-state index contributed by atoms with van der Waals surface area (Å²) in [6.07, 6.45) is 0.966. The lowest BCUT2D eigenvalue weighted by atomic mass is 9.83. The average molecular weight is 432 g/mol. The van der Waals surface area contributed by atoms with Gasteiger partial charge in [0.2, 0.25) is 0 Å². The average Bonchev–Trinajstić information content (AvgIpc) is 2.81. The summed E-state index contributed by atoms with van der Waals surface area (Å²) >= 11 is 0. The first kappa shape index (κ1) is 22.2. The van der Waals surface area contributed by atoms with Gasteiger partial charge in [-0.3, -0.25) is 0 Å². The van der Waals surface area contributed by atoms with Crippen LogP contribution in [0, 0.1) is 0 Å². The van der Waals surface area contributed by atoms with E-state index in [1.807, 2.05) is 18.2 Å². The van der Waals surface area contributed by atoms with E-state index in [1.165, 1.54) is 16.7 Å². The Hall–Kier alpha value is -2.98. The molecule has 3 aromatic rings. The van der Waals surface area contributed by atoms with Gasteiger partial charge in [0.1, 0.15) is 23.9 Å². The predicted molar refractivity (Wildman–Crippen MR) is 129 cm³/mol. The van der Waals surface area contributed by atoms with E-state index in [4.69, 9.17) is 14.2 Å². The van der Waals surface area contributed by atoms with Crippen molar-refractivity contribution < 1.29 is 14.2 Å². The van der Waals surface area contributed by atoms with Crippen LogP contribution in [-0.2, 0) is 18.4 Å². The monoisotopic (exact) mass is 431 g/mol. The van der Waals surface area contributed by atoms with E-state index < -0.39 is 0 Å². The van der Waals surface area contributed by atoms with Gasteiger partial charge in [-0.2, -0.15) is 0 Å². The molecule has 4 rings (SSSR count). The minimum absolute atomic E-state index is 0.0415. The van der Waals surface area contributed by atoms with Crippen LogP contribution in [0.5, 0.6) is 17.2 Å². The molecule has 0 amide bonds. The predicted octanol–water partition coefficient (Wildman–Crippen LogP) is 5.82. The van der Waals surface area contributed by atoms with E-state index in [2.05, 4.69) is 68.6 Å². The van der Waals surface area contributed by atoms with E-state index in [9.17, 15) is 0 Å². The summed E-state index contributed by atoms with van der Waals surface area (Å²) in [4.78, 5) is 0. The summed E-state index contributed by atoms with van der Waals surface area (Å²) in [5.41, 5.74) is 5.92. The second-order valence-electron chi connectivity index (χ2n) is 9.32. The van der Waals surface area contributed by atoms with Crippen LogP contribution in [0.2, 0.25) is 0 Å². The van der Waals surface area contributed by atoms with Crippen LogP contribution in [0.3, 0.4) is 0 Å². The maximum atomic E-state index is 6.07. The quantitative estimate of drug-likeness (QED) is 0.534. The molecule has 0 bridgehead atoms. The van der Waals surface area contributed by atoms with Gasteiger partial charge in [0.15, 0.2) is 0 Å². The highest BCUT2D eigenvalue weighted by atomic mass is 16.5. The molecule has 3 aromatic carbocycles. The summed E-state index contributed by atoms with van der Waals surface area (Å²) < 4.78 is 17.7. The largest absolute Gasteiger partial charge is 0.496 e. The van der Waals surface area contributed by atoms with Gasteiger partial charge < -0.3 is 19.5 Å². The van der Waals surface area contributed by atoms with E-state index in [-0.39, 0.29) is 11.5 Å². The Morgan fingerprint density at radius 3 is 2.31 bits per heavy atom. The van der Waals surface area contributed by atoms with Gasteiger partial charge in [-0.1, -0.05) is 57.2 Å². The van der Waals surface area contributed by atoms with Crippen LogP contribution in [0.15, 0.2) is 60.7 Å². The Morgan fingerprint density at radius 1 is 0.875 bits per heavy atom. The minimum Gasteiger partial charge on any atom is -0.496 e. The SMILES string of the molecule is COc1cc(C(C)(C)C)c(OC)cc1C1NCCc2cc(OCc3ccccc3)ccc21. The zero-order valence-corrected chi connectivity index (χ0v) is 19.7. The van der Waals surface area contributed by atoms with E-state index in [1.54, 1.807) is 14.2 Å². The Kier molecular flexibility index (Phi) is 6.43. The fourth-order valence-corrected chi connectivity index (χ4v) is 4.38. The molecule has 0 saturated carbocycles. The third kappa shape index (κ3) is 4.61. The van der Waals surface area contributed by atoms with Gasteiger partial charge in [0.05, 0.1) is 20.3 Å². The van der Waals surface area contributed by atoms with Crippen molar-refractivity contribution in [1.29, 1.82) is 0 Å². The first-order chi connectivity index (χ1) is 15.4. The van der Waals surface area contributed by atoms with Crippen molar-refractivity contribution in [3.8, 4) is 17.2 Å². The molecule has 4 heteroatoms. The summed E-state index contributed by atoms with van der Waals surface area (Å²) in [6.45, 7) is 8.03. The fourth-order valence-electron chi connectivity index (χ4n) is 4.38. The van der Waals surface area contributed by atoms with E-state index in [0.29, 0.717) is 6.61 Å². The Bertz CT molecular complexity index is 1070. The number of benzene rings is 3. The molecule has 0 spiro atoms. The number of rotatable bonds is 6. The molecule has 1 aliphatic heterocycles. The van der Waals surface area contributed by atoms with Crippen molar-refractivity contribution in [1.82, 2.24) is 5.32 Å². The van der Waals surface area contributed by atoms with Crippen molar-refractivity contribution >= 4 is 0 Å². The van der Waals surface area contributed by atoms with Gasteiger partial charge in [-0.25, -0.2) is 0 Å². The normalized spacial score (nSPS) is 15.7. The molecule has 4 nitrogen and oxygen atoms in total. The number of hydrogen-bond acceptors (Lipinski definition) is 4. The first-order valence-electron chi connectivity index (χ1n) is 11.2. The number of nitrogens with one attached hydrogen (secondary N) is 1. The minimum atomic E-state index is -0.0416. The first-order valence-corrected chi connectivity index (χ1v) is 11.2. The smallest absolute Gasteiger partial charge is 0.124 e. The summed E-state index contributed by atoms with van der Waals surface area (Å²) in [5, 5.41) is 3.68. The number of hydrogen-bond donors (Lipinski definition) is 1. The third-order valence-electron chi connectivity index (χ3n) is 6.09.